The van der Waals surface area contributed by atoms with E-state index in [1.54, 1.807) is 18.0 Å². The Morgan fingerprint density at radius 2 is 1.85 bits per heavy atom. The zero-order valence-corrected chi connectivity index (χ0v) is 17.1. The maximum Gasteiger partial charge on any atom is 0.244 e. The maximum atomic E-state index is 13.0. The molecule has 1 aliphatic heterocycles. The molecule has 2 aromatic carbocycles. The van der Waals surface area contributed by atoms with Gasteiger partial charge < -0.3 is 4.90 Å². The number of nitrogens with zero attached hydrogens (tertiary/aromatic N) is 2. The molecule has 0 aliphatic carbocycles. The predicted molar refractivity (Wildman–Crippen MR) is 108 cm³/mol. The van der Waals surface area contributed by atoms with E-state index in [-0.39, 0.29) is 22.4 Å². The molecule has 0 bridgehead atoms. The number of anilines is 1. The smallest absolute Gasteiger partial charge is 0.244 e. The Hall–Kier alpha value is -1.60. The molecule has 1 fully saturated rings. The first-order chi connectivity index (χ1) is 12.8. The Bertz CT molecular complexity index is 935. The number of carbonyl (C=O) groups is 1. The van der Waals surface area contributed by atoms with Crippen LogP contribution in [0, 0.1) is 5.92 Å². The fourth-order valence-corrected chi connectivity index (χ4v) is 5.49. The summed E-state index contributed by atoms with van der Waals surface area (Å²) in [6.45, 7) is 0.477. The standard InChI is InChI=1S/C19H20Cl2N2O3S/c1-22(16-7-3-2-4-8-16)19(24)14-6-5-11-23(13-14)27(25,26)18-12-15(20)9-10-17(18)21/h2-4,7-10,12,14H,5-6,11,13H2,1H3/t14-/m0/s1. The molecule has 0 aromatic heterocycles. The molecule has 1 saturated heterocycles. The minimum absolute atomic E-state index is 0.0267. The quantitative estimate of drug-likeness (QED) is 0.740. The van der Waals surface area contributed by atoms with E-state index in [2.05, 4.69) is 0 Å². The van der Waals surface area contributed by atoms with Gasteiger partial charge in [0.1, 0.15) is 4.90 Å². The zero-order chi connectivity index (χ0) is 19.6. The molecule has 1 amide bonds. The van der Waals surface area contributed by atoms with E-state index in [4.69, 9.17) is 23.2 Å². The molecule has 0 N–H and O–H groups in total. The monoisotopic (exact) mass is 426 g/mol. The van der Waals surface area contributed by atoms with E-state index >= 15 is 0 Å². The van der Waals surface area contributed by atoms with Gasteiger partial charge in [-0.25, -0.2) is 8.42 Å². The topological polar surface area (TPSA) is 57.7 Å². The van der Waals surface area contributed by atoms with Crippen LogP contribution in [0.3, 0.4) is 0 Å². The van der Waals surface area contributed by atoms with Gasteiger partial charge in [-0.2, -0.15) is 4.31 Å². The van der Waals surface area contributed by atoms with Gasteiger partial charge in [-0.15, -0.1) is 0 Å². The average Bonchev–Trinajstić information content (AvgIpc) is 2.69. The number of sulfonamides is 1. The van der Waals surface area contributed by atoms with Crippen LogP contribution in [0.15, 0.2) is 53.4 Å². The second-order valence-electron chi connectivity index (χ2n) is 6.51. The summed E-state index contributed by atoms with van der Waals surface area (Å²) in [7, 11) is -2.12. The van der Waals surface area contributed by atoms with Crippen molar-refractivity contribution >= 4 is 44.8 Å². The predicted octanol–water partition coefficient (Wildman–Crippen LogP) is 4.06. The van der Waals surface area contributed by atoms with Crippen LogP contribution in [0.5, 0.6) is 0 Å². The third-order valence-electron chi connectivity index (χ3n) is 4.72. The molecule has 0 radical (unpaired) electrons. The molecule has 1 aliphatic rings. The lowest BCUT2D eigenvalue weighted by Crippen LogP contribution is -2.46. The molecule has 144 valence electrons. The van der Waals surface area contributed by atoms with Crippen molar-refractivity contribution in [2.24, 2.45) is 5.92 Å². The van der Waals surface area contributed by atoms with Crippen molar-refractivity contribution in [1.29, 1.82) is 0 Å². The highest BCUT2D eigenvalue weighted by Crippen LogP contribution is 2.31. The fraction of sp³-hybridized carbons (Fsp3) is 0.316. The summed E-state index contributed by atoms with van der Waals surface area (Å²) in [5.41, 5.74) is 0.778. The minimum Gasteiger partial charge on any atom is -0.315 e. The van der Waals surface area contributed by atoms with Gasteiger partial charge in [0, 0.05) is 30.8 Å². The summed E-state index contributed by atoms with van der Waals surface area (Å²) >= 11 is 12.0. The molecule has 8 heteroatoms. The van der Waals surface area contributed by atoms with Crippen molar-refractivity contribution in [2.75, 3.05) is 25.0 Å². The third kappa shape index (κ3) is 4.29. The molecule has 0 unspecified atom stereocenters. The summed E-state index contributed by atoms with van der Waals surface area (Å²) in [5.74, 6) is -0.505. The van der Waals surface area contributed by atoms with Gasteiger partial charge in [-0.1, -0.05) is 41.4 Å². The van der Waals surface area contributed by atoms with Gasteiger partial charge >= 0.3 is 0 Å². The summed E-state index contributed by atoms with van der Waals surface area (Å²) in [6.07, 6.45) is 1.25. The van der Waals surface area contributed by atoms with Gasteiger partial charge in [0.2, 0.25) is 15.9 Å². The first-order valence-electron chi connectivity index (χ1n) is 8.58. The highest BCUT2D eigenvalue weighted by molar-refractivity contribution is 7.89. The van der Waals surface area contributed by atoms with Crippen molar-refractivity contribution in [3.63, 3.8) is 0 Å². The number of piperidine rings is 1. The Balaban J connectivity index is 1.81. The summed E-state index contributed by atoms with van der Waals surface area (Å²) in [6, 6.07) is 13.6. The normalized spacial score (nSPS) is 18.3. The summed E-state index contributed by atoms with van der Waals surface area (Å²) < 4.78 is 27.4. The van der Waals surface area contributed by atoms with Crippen LogP contribution in [0.25, 0.3) is 0 Å². The lowest BCUT2D eigenvalue weighted by molar-refractivity contribution is -0.123. The number of amides is 1. The summed E-state index contributed by atoms with van der Waals surface area (Å²) in [5, 5.41) is 0.417. The summed E-state index contributed by atoms with van der Waals surface area (Å²) in [4.78, 5) is 14.4. The Labute approximate surface area is 169 Å². The van der Waals surface area contributed by atoms with Crippen LogP contribution in [-0.2, 0) is 14.8 Å². The number of benzene rings is 2. The van der Waals surface area contributed by atoms with Crippen LogP contribution >= 0.6 is 23.2 Å². The lowest BCUT2D eigenvalue weighted by atomic mass is 9.98. The van der Waals surface area contributed by atoms with Crippen LogP contribution in [-0.4, -0.2) is 38.8 Å². The van der Waals surface area contributed by atoms with Gasteiger partial charge in [0.05, 0.1) is 10.9 Å². The van der Waals surface area contributed by atoms with E-state index < -0.39 is 15.9 Å². The number of para-hydroxylation sites is 1. The van der Waals surface area contributed by atoms with E-state index in [9.17, 15) is 13.2 Å². The van der Waals surface area contributed by atoms with Crippen molar-refractivity contribution in [2.45, 2.75) is 17.7 Å². The number of hydrogen-bond acceptors (Lipinski definition) is 3. The van der Waals surface area contributed by atoms with E-state index in [0.29, 0.717) is 24.4 Å². The molecule has 2 aromatic rings. The molecular formula is C19H20Cl2N2O3S. The van der Waals surface area contributed by atoms with Crippen LogP contribution < -0.4 is 4.90 Å². The SMILES string of the molecule is CN(C(=O)[C@H]1CCCN(S(=O)(=O)c2cc(Cl)ccc2Cl)C1)c1ccccc1. The van der Waals surface area contributed by atoms with Crippen molar-refractivity contribution < 1.29 is 13.2 Å². The highest BCUT2D eigenvalue weighted by Gasteiger charge is 2.35. The Morgan fingerprint density at radius 3 is 2.56 bits per heavy atom. The van der Waals surface area contributed by atoms with Gasteiger partial charge in [0.25, 0.3) is 0 Å². The van der Waals surface area contributed by atoms with Crippen molar-refractivity contribution in [3.05, 3.63) is 58.6 Å². The fourth-order valence-electron chi connectivity index (χ4n) is 3.23. The molecule has 3 rings (SSSR count). The number of carbonyl (C=O) groups excluding carboxylic acids is 1. The molecule has 1 heterocycles. The van der Waals surface area contributed by atoms with Gasteiger partial charge in [-0.3, -0.25) is 4.79 Å². The number of hydrogen-bond donors (Lipinski definition) is 0. The Morgan fingerprint density at radius 1 is 1.15 bits per heavy atom. The molecule has 1 atom stereocenters. The molecule has 5 nitrogen and oxygen atoms in total. The highest BCUT2D eigenvalue weighted by atomic mass is 35.5. The Kier molecular flexibility index (Phi) is 6.11. The average molecular weight is 427 g/mol. The first-order valence-corrected chi connectivity index (χ1v) is 10.8. The van der Waals surface area contributed by atoms with Crippen LogP contribution in [0.4, 0.5) is 5.69 Å². The lowest BCUT2D eigenvalue weighted by Gasteiger charge is -2.33. The second kappa shape index (κ2) is 8.19. The molecule has 0 saturated carbocycles. The van der Waals surface area contributed by atoms with Crippen LogP contribution in [0.1, 0.15) is 12.8 Å². The van der Waals surface area contributed by atoms with Gasteiger partial charge in [-0.05, 0) is 43.2 Å². The van der Waals surface area contributed by atoms with Gasteiger partial charge in [0.15, 0.2) is 0 Å². The van der Waals surface area contributed by atoms with Crippen molar-refractivity contribution in [3.8, 4) is 0 Å². The number of halogens is 2. The minimum atomic E-state index is -3.83. The molecule has 27 heavy (non-hydrogen) atoms. The van der Waals surface area contributed by atoms with Crippen molar-refractivity contribution in [1.82, 2.24) is 4.31 Å². The largest absolute Gasteiger partial charge is 0.315 e. The number of rotatable bonds is 4. The van der Waals surface area contributed by atoms with E-state index in [1.165, 1.54) is 16.4 Å². The molecule has 0 spiro atoms. The molecular weight excluding hydrogens is 407 g/mol. The second-order valence-corrected chi connectivity index (χ2v) is 9.26. The third-order valence-corrected chi connectivity index (χ3v) is 7.30. The van der Waals surface area contributed by atoms with E-state index in [0.717, 1.165) is 5.69 Å². The first kappa shape index (κ1) is 20.1. The zero-order valence-electron chi connectivity index (χ0n) is 14.8. The maximum absolute atomic E-state index is 13.0. The van der Waals surface area contributed by atoms with Crippen LogP contribution in [0.2, 0.25) is 10.0 Å². The van der Waals surface area contributed by atoms with E-state index in [1.807, 2.05) is 30.3 Å².